The summed E-state index contributed by atoms with van der Waals surface area (Å²) >= 11 is 0. The van der Waals surface area contributed by atoms with Gasteiger partial charge in [0.15, 0.2) is 5.96 Å². The average molecular weight is 344 g/mol. The van der Waals surface area contributed by atoms with E-state index in [-0.39, 0.29) is 35.5 Å². The van der Waals surface area contributed by atoms with Crippen LogP contribution in [-0.2, 0) is 9.59 Å². The minimum absolute atomic E-state index is 0.0358. The fourth-order valence-electron chi connectivity index (χ4n) is 5.10. The fraction of sp³-hybridized carbons (Fsp3) is 0.737. The Labute approximate surface area is 149 Å². The molecule has 2 bridgehead atoms. The number of carbonyl (C=O) groups is 2. The number of hydrogen-bond acceptors (Lipinski definition) is 3. The average Bonchev–Trinajstić information content (AvgIpc) is 3.27. The second-order valence-corrected chi connectivity index (χ2v) is 8.11. The second kappa shape index (κ2) is 6.46. The van der Waals surface area contributed by atoms with Gasteiger partial charge in [-0.25, -0.2) is 0 Å². The van der Waals surface area contributed by atoms with E-state index in [1.54, 1.807) is 0 Å². The highest BCUT2D eigenvalue weighted by molar-refractivity contribution is 6.06. The number of imide groups is 1. The number of nitrogens with zero attached hydrogens (tertiary/aromatic N) is 3. The van der Waals surface area contributed by atoms with Crippen molar-refractivity contribution in [3.63, 3.8) is 0 Å². The van der Waals surface area contributed by atoms with Crippen LogP contribution in [0.15, 0.2) is 17.1 Å². The number of hydrogen-bond donors (Lipinski definition) is 1. The molecule has 0 unspecified atom stereocenters. The van der Waals surface area contributed by atoms with Gasteiger partial charge in [0.25, 0.3) is 0 Å². The topological polar surface area (TPSA) is 79.0 Å². The van der Waals surface area contributed by atoms with E-state index < -0.39 is 0 Å². The van der Waals surface area contributed by atoms with Crippen LogP contribution in [-0.4, -0.2) is 53.8 Å². The highest BCUT2D eigenvalue weighted by Crippen LogP contribution is 2.52. The third-order valence-electron chi connectivity index (χ3n) is 6.36. The Balaban J connectivity index is 1.29. The lowest BCUT2D eigenvalue weighted by Gasteiger charge is -2.31. The molecule has 0 aromatic rings. The molecule has 2 aliphatic carbocycles. The summed E-state index contributed by atoms with van der Waals surface area (Å²) in [4.78, 5) is 33.3. The van der Waals surface area contributed by atoms with Crippen LogP contribution >= 0.6 is 0 Å². The third-order valence-corrected chi connectivity index (χ3v) is 6.36. The second-order valence-electron chi connectivity index (χ2n) is 8.11. The van der Waals surface area contributed by atoms with Crippen LogP contribution < -0.4 is 5.73 Å². The van der Waals surface area contributed by atoms with Crippen molar-refractivity contribution in [2.75, 3.05) is 26.2 Å². The molecule has 0 spiro atoms. The number of rotatable bonds is 4. The smallest absolute Gasteiger partial charge is 0.233 e. The molecular weight excluding hydrogens is 316 g/mol. The first-order valence-electron chi connectivity index (χ1n) is 9.64. The quantitative estimate of drug-likeness (QED) is 0.273. The summed E-state index contributed by atoms with van der Waals surface area (Å²) in [6.07, 6.45) is 8.34. The number of nitrogens with two attached hydrogens (primary N) is 1. The predicted octanol–water partition coefficient (Wildman–Crippen LogP) is 1.23. The molecular formula is C19H28N4O2. The summed E-state index contributed by atoms with van der Waals surface area (Å²) in [7, 11) is 0. The monoisotopic (exact) mass is 344 g/mol. The van der Waals surface area contributed by atoms with E-state index in [1.807, 2.05) is 0 Å². The van der Waals surface area contributed by atoms with Crippen LogP contribution in [0.1, 0.15) is 32.6 Å². The zero-order chi connectivity index (χ0) is 17.6. The SMILES string of the molecule is C[C@@H]1CCCN(C(N)=NCCCN2C(=O)[C@@H]3[C@@H](C2=O)[C@H]2C=C[C@H]3C2)C1. The maximum Gasteiger partial charge on any atom is 0.233 e. The van der Waals surface area contributed by atoms with Crippen molar-refractivity contribution >= 4 is 17.8 Å². The first kappa shape index (κ1) is 16.6. The van der Waals surface area contributed by atoms with E-state index in [9.17, 15) is 9.59 Å². The van der Waals surface area contributed by atoms with Crippen molar-refractivity contribution in [1.29, 1.82) is 0 Å². The van der Waals surface area contributed by atoms with Gasteiger partial charge in [-0.1, -0.05) is 19.1 Å². The Hall–Kier alpha value is -1.85. The largest absolute Gasteiger partial charge is 0.370 e. The Morgan fingerprint density at radius 3 is 2.56 bits per heavy atom. The lowest BCUT2D eigenvalue weighted by Crippen LogP contribution is -2.43. The van der Waals surface area contributed by atoms with Gasteiger partial charge in [-0.2, -0.15) is 0 Å². The summed E-state index contributed by atoms with van der Waals surface area (Å²) in [6, 6.07) is 0. The van der Waals surface area contributed by atoms with Crippen molar-refractivity contribution in [2.24, 2.45) is 40.3 Å². The van der Waals surface area contributed by atoms with Gasteiger partial charge in [0, 0.05) is 26.2 Å². The van der Waals surface area contributed by atoms with Gasteiger partial charge >= 0.3 is 0 Å². The first-order chi connectivity index (χ1) is 12.1. The van der Waals surface area contributed by atoms with Gasteiger partial charge in [0.2, 0.25) is 11.8 Å². The number of fused-ring (bicyclic) bond motifs is 5. The predicted molar refractivity (Wildman–Crippen MR) is 95.5 cm³/mol. The molecule has 2 heterocycles. The van der Waals surface area contributed by atoms with Crippen molar-refractivity contribution in [2.45, 2.75) is 32.6 Å². The molecule has 1 saturated carbocycles. The number of allylic oxidation sites excluding steroid dienone is 2. The van der Waals surface area contributed by atoms with Gasteiger partial charge in [-0.15, -0.1) is 0 Å². The molecule has 4 aliphatic rings. The van der Waals surface area contributed by atoms with Crippen LogP contribution in [0.3, 0.4) is 0 Å². The fourth-order valence-corrected chi connectivity index (χ4v) is 5.10. The molecule has 0 radical (unpaired) electrons. The van der Waals surface area contributed by atoms with Crippen molar-refractivity contribution < 1.29 is 9.59 Å². The van der Waals surface area contributed by atoms with Crippen molar-refractivity contribution in [3.8, 4) is 0 Å². The minimum Gasteiger partial charge on any atom is -0.370 e. The lowest BCUT2D eigenvalue weighted by atomic mass is 9.85. The molecule has 0 aromatic heterocycles. The Bertz CT molecular complexity index is 599. The van der Waals surface area contributed by atoms with Crippen molar-refractivity contribution in [1.82, 2.24) is 9.80 Å². The number of carbonyl (C=O) groups excluding carboxylic acids is 2. The molecule has 2 N–H and O–H groups in total. The molecule has 6 heteroatoms. The summed E-state index contributed by atoms with van der Waals surface area (Å²) in [5.41, 5.74) is 6.10. The zero-order valence-corrected chi connectivity index (χ0v) is 14.9. The van der Waals surface area contributed by atoms with Crippen molar-refractivity contribution in [3.05, 3.63) is 12.2 Å². The van der Waals surface area contributed by atoms with Crippen LogP contribution in [0.5, 0.6) is 0 Å². The summed E-state index contributed by atoms with van der Waals surface area (Å²) in [6.45, 7) is 5.22. The van der Waals surface area contributed by atoms with E-state index in [2.05, 4.69) is 29.0 Å². The molecule has 25 heavy (non-hydrogen) atoms. The van der Waals surface area contributed by atoms with Crippen LogP contribution in [0.4, 0.5) is 0 Å². The van der Waals surface area contributed by atoms with Crippen LogP contribution in [0.2, 0.25) is 0 Å². The normalized spacial score (nSPS) is 37.3. The standard InChI is InChI=1S/C19H28N4O2/c1-12-4-2-8-22(11-12)19(20)21-7-3-9-23-17(24)15-13-5-6-14(10-13)16(15)18(23)25/h5-6,12-16H,2-4,7-11H2,1H3,(H2,20,21)/t12-,13+,14+,15+,16+/m1/s1. The van der Waals surface area contributed by atoms with E-state index in [4.69, 9.17) is 5.73 Å². The molecule has 4 rings (SSSR count). The lowest BCUT2D eigenvalue weighted by molar-refractivity contribution is -0.140. The van der Waals surface area contributed by atoms with Gasteiger partial charge < -0.3 is 10.6 Å². The maximum atomic E-state index is 12.6. The van der Waals surface area contributed by atoms with Gasteiger partial charge in [-0.3, -0.25) is 19.5 Å². The first-order valence-corrected chi connectivity index (χ1v) is 9.64. The van der Waals surface area contributed by atoms with Gasteiger partial charge in [0.05, 0.1) is 11.8 Å². The highest BCUT2D eigenvalue weighted by Gasteiger charge is 2.58. The Morgan fingerprint density at radius 1 is 1.24 bits per heavy atom. The van der Waals surface area contributed by atoms with Crippen LogP contribution in [0, 0.1) is 29.6 Å². The number of aliphatic imine (C=N–C) groups is 1. The number of guanidine groups is 1. The number of piperidine rings is 1. The molecule has 2 amide bonds. The van der Waals surface area contributed by atoms with Gasteiger partial charge in [0.1, 0.15) is 0 Å². The summed E-state index contributed by atoms with van der Waals surface area (Å²) in [5, 5.41) is 0. The summed E-state index contributed by atoms with van der Waals surface area (Å²) in [5.74, 6) is 1.71. The molecule has 0 aromatic carbocycles. The maximum absolute atomic E-state index is 12.6. The molecule has 3 fully saturated rings. The molecule has 2 saturated heterocycles. The molecule has 6 nitrogen and oxygen atoms in total. The third kappa shape index (κ3) is 2.85. The number of likely N-dealkylation sites (tertiary alicyclic amines) is 2. The highest BCUT2D eigenvalue weighted by atomic mass is 16.2. The van der Waals surface area contributed by atoms with E-state index in [0.717, 1.165) is 25.9 Å². The van der Waals surface area contributed by atoms with Crippen LogP contribution in [0.25, 0.3) is 0 Å². The van der Waals surface area contributed by atoms with E-state index >= 15 is 0 Å². The molecule has 136 valence electrons. The molecule has 2 aliphatic heterocycles. The van der Waals surface area contributed by atoms with E-state index in [1.165, 1.54) is 11.3 Å². The zero-order valence-electron chi connectivity index (χ0n) is 14.9. The Kier molecular flexibility index (Phi) is 4.29. The van der Waals surface area contributed by atoms with E-state index in [0.29, 0.717) is 31.4 Å². The minimum atomic E-state index is -0.0918. The molecule has 5 atom stereocenters. The summed E-state index contributed by atoms with van der Waals surface area (Å²) < 4.78 is 0. The van der Waals surface area contributed by atoms with Gasteiger partial charge in [-0.05, 0) is 43.4 Å². The Morgan fingerprint density at radius 2 is 1.92 bits per heavy atom. The number of amides is 2.